The molecule has 5 heteroatoms. The zero-order chi connectivity index (χ0) is 17.5. The van der Waals surface area contributed by atoms with E-state index >= 15 is 0 Å². The Bertz CT molecular complexity index is 714. The molecule has 0 unspecified atom stereocenters. The number of aryl methyl sites for hydroxylation is 2. The first-order valence-corrected chi connectivity index (χ1v) is 7.82. The molecule has 2 rings (SSSR count). The molecule has 0 saturated heterocycles. The molecule has 2 aromatic rings. The minimum absolute atomic E-state index is 0.204. The van der Waals surface area contributed by atoms with Crippen molar-refractivity contribution in [3.8, 4) is 11.5 Å². The molecular weight excluding hydrogens is 304 g/mol. The van der Waals surface area contributed by atoms with E-state index in [4.69, 9.17) is 9.47 Å². The quantitative estimate of drug-likeness (QED) is 0.855. The van der Waals surface area contributed by atoms with E-state index in [-0.39, 0.29) is 6.03 Å². The van der Waals surface area contributed by atoms with E-state index in [1.165, 1.54) is 11.1 Å². The Morgan fingerprint density at radius 1 is 0.917 bits per heavy atom. The molecule has 5 nitrogen and oxygen atoms in total. The van der Waals surface area contributed by atoms with Gasteiger partial charge in [-0.1, -0.05) is 29.8 Å². The summed E-state index contributed by atoms with van der Waals surface area (Å²) in [4.78, 5) is 12.0. The highest BCUT2D eigenvalue weighted by Crippen LogP contribution is 2.27. The van der Waals surface area contributed by atoms with Gasteiger partial charge in [-0.25, -0.2) is 4.79 Å². The van der Waals surface area contributed by atoms with Crippen molar-refractivity contribution in [3.05, 3.63) is 58.7 Å². The molecule has 2 aromatic carbocycles. The first-order valence-electron chi connectivity index (χ1n) is 7.82. The van der Waals surface area contributed by atoms with Crippen LogP contribution in [0.15, 0.2) is 36.4 Å². The maximum absolute atomic E-state index is 12.0. The number of urea groups is 1. The molecule has 0 aliphatic rings. The van der Waals surface area contributed by atoms with E-state index in [1.54, 1.807) is 14.2 Å². The van der Waals surface area contributed by atoms with Gasteiger partial charge in [-0.15, -0.1) is 0 Å². The second kappa shape index (κ2) is 8.24. The standard InChI is InChI=1S/C19H24N2O3/c1-13-5-7-16(14(2)9-13)12-21-19(22)20-11-15-6-8-17(23-3)18(10-15)24-4/h5-10H,11-12H2,1-4H3,(H2,20,21,22). The number of rotatable bonds is 6. The third-order valence-corrected chi connectivity index (χ3v) is 3.84. The van der Waals surface area contributed by atoms with Gasteiger partial charge in [0.05, 0.1) is 14.2 Å². The van der Waals surface area contributed by atoms with E-state index in [2.05, 4.69) is 23.6 Å². The molecule has 0 fully saturated rings. The van der Waals surface area contributed by atoms with E-state index in [0.717, 1.165) is 11.1 Å². The highest BCUT2D eigenvalue weighted by molar-refractivity contribution is 5.73. The molecule has 0 saturated carbocycles. The van der Waals surface area contributed by atoms with Crippen molar-refractivity contribution in [1.29, 1.82) is 0 Å². The van der Waals surface area contributed by atoms with E-state index in [1.807, 2.05) is 37.3 Å². The number of hydrogen-bond donors (Lipinski definition) is 2. The summed E-state index contributed by atoms with van der Waals surface area (Å²) >= 11 is 0. The van der Waals surface area contributed by atoms with Crippen LogP contribution in [0.2, 0.25) is 0 Å². The van der Waals surface area contributed by atoms with Gasteiger partial charge in [-0.3, -0.25) is 0 Å². The SMILES string of the molecule is COc1ccc(CNC(=O)NCc2ccc(C)cc2C)cc1OC. The smallest absolute Gasteiger partial charge is 0.315 e. The van der Waals surface area contributed by atoms with Crippen LogP contribution in [0.4, 0.5) is 4.79 Å². The normalized spacial score (nSPS) is 10.2. The summed E-state index contributed by atoms with van der Waals surface area (Å²) in [6.07, 6.45) is 0. The predicted octanol–water partition coefficient (Wildman–Crippen LogP) is 3.32. The second-order valence-electron chi connectivity index (χ2n) is 5.66. The van der Waals surface area contributed by atoms with Gasteiger partial charge in [0.2, 0.25) is 0 Å². The predicted molar refractivity (Wildman–Crippen MR) is 94.5 cm³/mol. The van der Waals surface area contributed by atoms with Gasteiger partial charge in [0.15, 0.2) is 11.5 Å². The maximum Gasteiger partial charge on any atom is 0.315 e. The van der Waals surface area contributed by atoms with Crippen LogP contribution in [0, 0.1) is 13.8 Å². The van der Waals surface area contributed by atoms with Crippen molar-refractivity contribution in [2.75, 3.05) is 14.2 Å². The number of carbonyl (C=O) groups is 1. The minimum atomic E-state index is -0.204. The van der Waals surface area contributed by atoms with E-state index < -0.39 is 0 Å². The molecule has 24 heavy (non-hydrogen) atoms. The first-order chi connectivity index (χ1) is 11.5. The number of nitrogens with one attached hydrogen (secondary N) is 2. The number of benzene rings is 2. The fraction of sp³-hybridized carbons (Fsp3) is 0.316. The van der Waals surface area contributed by atoms with Gasteiger partial charge in [0.25, 0.3) is 0 Å². The summed E-state index contributed by atoms with van der Waals surface area (Å²) in [5.41, 5.74) is 4.44. The van der Waals surface area contributed by atoms with Crippen LogP contribution < -0.4 is 20.1 Å². The molecular formula is C19H24N2O3. The molecule has 2 N–H and O–H groups in total. The van der Waals surface area contributed by atoms with Crippen molar-refractivity contribution in [3.63, 3.8) is 0 Å². The summed E-state index contributed by atoms with van der Waals surface area (Å²) in [5, 5.41) is 5.72. The fourth-order valence-corrected chi connectivity index (χ4v) is 2.46. The Labute approximate surface area is 143 Å². The number of amides is 2. The lowest BCUT2D eigenvalue weighted by molar-refractivity contribution is 0.240. The van der Waals surface area contributed by atoms with Crippen LogP contribution in [0.1, 0.15) is 22.3 Å². The van der Waals surface area contributed by atoms with Crippen molar-refractivity contribution in [2.45, 2.75) is 26.9 Å². The largest absolute Gasteiger partial charge is 0.493 e. The third kappa shape index (κ3) is 4.65. The lowest BCUT2D eigenvalue weighted by Crippen LogP contribution is -2.34. The van der Waals surface area contributed by atoms with Gasteiger partial charge >= 0.3 is 6.03 Å². The van der Waals surface area contributed by atoms with Crippen molar-refractivity contribution in [2.24, 2.45) is 0 Å². The molecule has 0 aromatic heterocycles. The Balaban J connectivity index is 1.87. The van der Waals surface area contributed by atoms with Crippen LogP contribution in [0.3, 0.4) is 0 Å². The Morgan fingerprint density at radius 3 is 2.29 bits per heavy atom. The van der Waals surface area contributed by atoms with Crippen LogP contribution in [0.25, 0.3) is 0 Å². The number of ether oxygens (including phenoxy) is 2. The topological polar surface area (TPSA) is 59.6 Å². The maximum atomic E-state index is 12.0. The van der Waals surface area contributed by atoms with Crippen molar-refractivity contribution in [1.82, 2.24) is 10.6 Å². The first kappa shape index (κ1) is 17.7. The third-order valence-electron chi connectivity index (χ3n) is 3.84. The van der Waals surface area contributed by atoms with Crippen LogP contribution in [-0.4, -0.2) is 20.3 Å². The highest BCUT2D eigenvalue weighted by Gasteiger charge is 2.06. The van der Waals surface area contributed by atoms with Crippen LogP contribution in [-0.2, 0) is 13.1 Å². The molecule has 0 bridgehead atoms. The van der Waals surface area contributed by atoms with Gasteiger partial charge in [-0.2, -0.15) is 0 Å². The second-order valence-corrected chi connectivity index (χ2v) is 5.66. The summed E-state index contributed by atoms with van der Waals surface area (Å²) in [6, 6.07) is 11.6. The van der Waals surface area contributed by atoms with Crippen LogP contribution >= 0.6 is 0 Å². The van der Waals surface area contributed by atoms with Gasteiger partial charge < -0.3 is 20.1 Å². The van der Waals surface area contributed by atoms with Crippen molar-refractivity contribution < 1.29 is 14.3 Å². The van der Waals surface area contributed by atoms with Gasteiger partial charge in [0, 0.05) is 13.1 Å². The van der Waals surface area contributed by atoms with Crippen LogP contribution in [0.5, 0.6) is 11.5 Å². The molecule has 0 radical (unpaired) electrons. The fourth-order valence-electron chi connectivity index (χ4n) is 2.46. The van der Waals surface area contributed by atoms with E-state index in [9.17, 15) is 4.79 Å². The molecule has 0 atom stereocenters. The van der Waals surface area contributed by atoms with Gasteiger partial charge in [0.1, 0.15) is 0 Å². The number of hydrogen-bond acceptors (Lipinski definition) is 3. The molecule has 2 amide bonds. The molecule has 0 aliphatic carbocycles. The Kier molecular flexibility index (Phi) is 6.07. The Hall–Kier alpha value is -2.69. The summed E-state index contributed by atoms with van der Waals surface area (Å²) in [7, 11) is 3.18. The highest BCUT2D eigenvalue weighted by atomic mass is 16.5. The lowest BCUT2D eigenvalue weighted by Gasteiger charge is -2.12. The molecule has 128 valence electrons. The van der Waals surface area contributed by atoms with Gasteiger partial charge in [-0.05, 0) is 42.7 Å². The molecule has 0 heterocycles. The summed E-state index contributed by atoms with van der Waals surface area (Å²) in [5.74, 6) is 1.31. The Morgan fingerprint density at radius 2 is 1.62 bits per heavy atom. The monoisotopic (exact) mass is 328 g/mol. The zero-order valence-electron chi connectivity index (χ0n) is 14.6. The summed E-state index contributed by atoms with van der Waals surface area (Å²) < 4.78 is 10.5. The average molecular weight is 328 g/mol. The zero-order valence-corrected chi connectivity index (χ0v) is 14.6. The molecule has 0 spiro atoms. The molecule has 0 aliphatic heterocycles. The lowest BCUT2D eigenvalue weighted by atomic mass is 10.1. The summed E-state index contributed by atoms with van der Waals surface area (Å²) in [6.45, 7) is 5.02. The number of carbonyl (C=O) groups excluding carboxylic acids is 1. The minimum Gasteiger partial charge on any atom is -0.493 e. The number of methoxy groups -OCH3 is 2. The average Bonchev–Trinajstić information content (AvgIpc) is 2.58. The van der Waals surface area contributed by atoms with E-state index in [0.29, 0.717) is 24.6 Å². The van der Waals surface area contributed by atoms with Crippen molar-refractivity contribution >= 4 is 6.03 Å².